The van der Waals surface area contributed by atoms with E-state index in [4.69, 9.17) is 21.1 Å². The Hall–Kier alpha value is -0.690. The van der Waals surface area contributed by atoms with Crippen LogP contribution in [0.3, 0.4) is 0 Å². The second-order valence-corrected chi connectivity index (χ2v) is 6.79. The van der Waals surface area contributed by atoms with E-state index in [1.165, 1.54) is 0 Å². The van der Waals surface area contributed by atoms with Gasteiger partial charge in [-0.15, -0.1) is 0 Å². The van der Waals surface area contributed by atoms with E-state index >= 15 is 0 Å². The van der Waals surface area contributed by atoms with Gasteiger partial charge >= 0.3 is 0 Å². The number of aromatic nitrogens is 3. The fraction of sp³-hybridized carbons (Fsp3) is 0.571. The molecule has 2 fully saturated rings. The zero-order valence-electron chi connectivity index (χ0n) is 11.4. The first-order valence-electron chi connectivity index (χ1n) is 7.13. The van der Waals surface area contributed by atoms with Crippen molar-refractivity contribution in [1.82, 2.24) is 14.5 Å². The molecule has 112 valence electrons. The molecule has 2 aromatic rings. The van der Waals surface area contributed by atoms with E-state index in [9.17, 15) is 0 Å². The molecule has 0 amide bonds. The van der Waals surface area contributed by atoms with Crippen LogP contribution in [0.1, 0.15) is 31.7 Å². The Balaban J connectivity index is 1.64. The Morgan fingerprint density at radius 1 is 1.29 bits per heavy atom. The first-order valence-corrected chi connectivity index (χ1v) is 8.30. The van der Waals surface area contributed by atoms with E-state index in [2.05, 4.69) is 36.7 Å². The average Bonchev–Trinajstić information content (AvgIpc) is 3.06. The van der Waals surface area contributed by atoms with E-state index < -0.39 is 0 Å². The highest BCUT2D eigenvalue weighted by molar-refractivity contribution is 9.10. The van der Waals surface area contributed by atoms with Crippen molar-refractivity contribution in [2.75, 3.05) is 13.2 Å². The largest absolute Gasteiger partial charge is 0.348 e. The van der Waals surface area contributed by atoms with E-state index in [1.807, 2.05) is 0 Å². The molecule has 7 heteroatoms. The van der Waals surface area contributed by atoms with Gasteiger partial charge in [0.2, 0.25) is 5.28 Å². The molecular weight excluding hydrogens is 358 g/mol. The van der Waals surface area contributed by atoms with Crippen molar-refractivity contribution in [2.24, 2.45) is 0 Å². The smallest absolute Gasteiger partial charge is 0.224 e. The number of hydrogen-bond donors (Lipinski definition) is 0. The van der Waals surface area contributed by atoms with Crippen LogP contribution in [0.2, 0.25) is 5.28 Å². The van der Waals surface area contributed by atoms with Crippen LogP contribution >= 0.6 is 27.5 Å². The third kappa shape index (κ3) is 2.38. The number of nitrogens with zero attached hydrogens (tertiary/aromatic N) is 3. The number of halogens is 2. The SMILES string of the molecule is Clc1ncc2c(Br)cn(C3CCC4(CC3)OCCO4)c2n1. The Morgan fingerprint density at radius 3 is 2.71 bits per heavy atom. The van der Waals surface area contributed by atoms with Crippen LogP contribution in [0, 0.1) is 0 Å². The normalized spacial score (nSPS) is 22.4. The lowest BCUT2D eigenvalue weighted by molar-refractivity contribution is -0.181. The molecular formula is C14H15BrClN3O2. The minimum absolute atomic E-state index is 0.282. The van der Waals surface area contributed by atoms with Gasteiger partial charge in [0.15, 0.2) is 5.79 Å². The molecule has 1 aliphatic carbocycles. The summed E-state index contributed by atoms with van der Waals surface area (Å²) in [6.45, 7) is 1.43. The number of fused-ring (bicyclic) bond motifs is 1. The Morgan fingerprint density at radius 2 is 2.00 bits per heavy atom. The highest BCUT2D eigenvalue weighted by atomic mass is 79.9. The van der Waals surface area contributed by atoms with Crippen molar-refractivity contribution in [3.05, 3.63) is 22.1 Å². The standard InChI is InChI=1S/C14H15BrClN3O2/c15-11-8-19(12-10(11)7-17-13(16)18-12)9-1-3-14(4-2-9)20-5-6-21-14/h7-9H,1-6H2. The van der Waals surface area contributed by atoms with Crippen LogP contribution in [-0.4, -0.2) is 33.5 Å². The first-order chi connectivity index (χ1) is 10.2. The molecule has 5 nitrogen and oxygen atoms in total. The van der Waals surface area contributed by atoms with Crippen molar-refractivity contribution < 1.29 is 9.47 Å². The van der Waals surface area contributed by atoms with Crippen LogP contribution in [0.15, 0.2) is 16.9 Å². The fourth-order valence-electron chi connectivity index (χ4n) is 3.35. The van der Waals surface area contributed by atoms with Gasteiger partial charge in [0.1, 0.15) is 5.65 Å². The maximum Gasteiger partial charge on any atom is 0.224 e. The van der Waals surface area contributed by atoms with Gasteiger partial charge < -0.3 is 14.0 Å². The maximum atomic E-state index is 5.95. The zero-order valence-corrected chi connectivity index (χ0v) is 13.7. The van der Waals surface area contributed by atoms with Gasteiger partial charge in [0, 0.05) is 35.7 Å². The number of rotatable bonds is 1. The predicted molar refractivity (Wildman–Crippen MR) is 82.4 cm³/mol. The van der Waals surface area contributed by atoms with E-state index in [-0.39, 0.29) is 11.1 Å². The zero-order chi connectivity index (χ0) is 14.4. The molecule has 0 bridgehead atoms. The highest BCUT2D eigenvalue weighted by Gasteiger charge is 2.40. The second-order valence-electron chi connectivity index (χ2n) is 5.60. The van der Waals surface area contributed by atoms with Crippen LogP contribution in [0.4, 0.5) is 0 Å². The monoisotopic (exact) mass is 371 g/mol. The lowest BCUT2D eigenvalue weighted by Crippen LogP contribution is -2.35. The average molecular weight is 373 g/mol. The molecule has 2 aromatic heterocycles. The van der Waals surface area contributed by atoms with Crippen LogP contribution in [0.5, 0.6) is 0 Å². The Bertz CT molecular complexity index is 674. The lowest BCUT2D eigenvalue weighted by atomic mass is 9.90. The molecule has 4 rings (SSSR count). The lowest BCUT2D eigenvalue weighted by Gasteiger charge is -2.36. The van der Waals surface area contributed by atoms with Crippen molar-refractivity contribution in [1.29, 1.82) is 0 Å². The van der Waals surface area contributed by atoms with Gasteiger partial charge in [-0.3, -0.25) is 0 Å². The van der Waals surface area contributed by atoms with E-state index in [0.29, 0.717) is 19.3 Å². The third-order valence-corrected chi connectivity index (χ3v) is 5.23. The minimum Gasteiger partial charge on any atom is -0.348 e. The van der Waals surface area contributed by atoms with Gasteiger partial charge in [-0.2, -0.15) is 4.98 Å². The summed E-state index contributed by atoms with van der Waals surface area (Å²) < 4.78 is 14.8. The second kappa shape index (κ2) is 5.19. The van der Waals surface area contributed by atoms with Crippen LogP contribution < -0.4 is 0 Å². The quantitative estimate of drug-likeness (QED) is 0.716. The number of hydrogen-bond acceptors (Lipinski definition) is 4. The predicted octanol–water partition coefficient (Wildman–Crippen LogP) is 3.71. The maximum absolute atomic E-state index is 5.95. The fourth-order valence-corrected chi connectivity index (χ4v) is 3.98. The molecule has 2 aliphatic rings. The highest BCUT2D eigenvalue weighted by Crippen LogP contribution is 2.42. The molecule has 3 heterocycles. The molecule has 21 heavy (non-hydrogen) atoms. The molecule has 0 N–H and O–H groups in total. The molecule has 0 unspecified atom stereocenters. The molecule has 0 atom stereocenters. The van der Waals surface area contributed by atoms with Crippen LogP contribution in [0.25, 0.3) is 11.0 Å². The summed E-state index contributed by atoms with van der Waals surface area (Å²) in [5, 5.41) is 1.28. The van der Waals surface area contributed by atoms with Gasteiger partial charge in [-0.25, -0.2) is 4.98 Å². The Kier molecular flexibility index (Phi) is 3.45. The molecule has 1 aliphatic heterocycles. The topological polar surface area (TPSA) is 49.2 Å². The number of ether oxygens (including phenoxy) is 2. The van der Waals surface area contributed by atoms with Gasteiger partial charge in [-0.1, -0.05) is 0 Å². The summed E-state index contributed by atoms with van der Waals surface area (Å²) in [5.74, 6) is -0.330. The minimum atomic E-state index is -0.330. The summed E-state index contributed by atoms with van der Waals surface area (Å²) in [6.07, 6.45) is 7.71. The van der Waals surface area contributed by atoms with Crippen molar-refractivity contribution in [3.8, 4) is 0 Å². The van der Waals surface area contributed by atoms with Crippen molar-refractivity contribution in [2.45, 2.75) is 37.5 Å². The first kappa shape index (κ1) is 13.9. The van der Waals surface area contributed by atoms with E-state index in [0.717, 1.165) is 41.2 Å². The van der Waals surface area contributed by atoms with Gasteiger partial charge in [0.05, 0.1) is 18.6 Å². The summed E-state index contributed by atoms with van der Waals surface area (Å²) >= 11 is 9.52. The van der Waals surface area contributed by atoms with Gasteiger partial charge in [-0.05, 0) is 40.4 Å². The molecule has 0 aromatic carbocycles. The van der Waals surface area contributed by atoms with E-state index in [1.54, 1.807) is 6.20 Å². The van der Waals surface area contributed by atoms with Crippen molar-refractivity contribution >= 4 is 38.6 Å². The van der Waals surface area contributed by atoms with Gasteiger partial charge in [0.25, 0.3) is 0 Å². The molecule has 1 saturated carbocycles. The third-order valence-electron chi connectivity index (χ3n) is 4.42. The van der Waals surface area contributed by atoms with Crippen molar-refractivity contribution in [3.63, 3.8) is 0 Å². The summed E-state index contributed by atoms with van der Waals surface area (Å²) in [5.41, 5.74) is 0.885. The Labute approximate surface area is 135 Å². The van der Waals surface area contributed by atoms with Crippen LogP contribution in [-0.2, 0) is 9.47 Å². The molecule has 0 radical (unpaired) electrons. The summed E-state index contributed by atoms with van der Waals surface area (Å²) in [4.78, 5) is 8.44. The molecule has 1 saturated heterocycles. The molecule has 1 spiro atoms. The summed E-state index contributed by atoms with van der Waals surface area (Å²) in [7, 11) is 0. The summed E-state index contributed by atoms with van der Waals surface area (Å²) in [6, 6.07) is 0.392.